The van der Waals surface area contributed by atoms with E-state index in [4.69, 9.17) is 21.7 Å². The van der Waals surface area contributed by atoms with E-state index in [1.165, 1.54) is 0 Å². The highest BCUT2D eigenvalue weighted by atomic mass is 32.1. The van der Waals surface area contributed by atoms with Crippen LogP contribution in [0.4, 0.5) is 4.79 Å². The maximum atomic E-state index is 11.4. The number of ether oxygens (including phenoxy) is 2. The minimum Gasteiger partial charge on any atom is -0.444 e. The van der Waals surface area contributed by atoms with Crippen LogP contribution in [-0.4, -0.2) is 49.2 Å². The molecule has 0 saturated carbocycles. The normalized spacial score (nSPS) is 18.4. The molecule has 1 aliphatic heterocycles. The van der Waals surface area contributed by atoms with Crippen molar-refractivity contribution in [2.75, 3.05) is 26.2 Å². The summed E-state index contributed by atoms with van der Waals surface area (Å²) >= 11 is 5.13. The van der Waals surface area contributed by atoms with Gasteiger partial charge in [-0.1, -0.05) is 0 Å². The SMILES string of the molecule is CC(C)(C)OC(=O)NCCNC(=S)NCC1CCCO1. The summed E-state index contributed by atoms with van der Waals surface area (Å²) in [7, 11) is 0. The van der Waals surface area contributed by atoms with Crippen molar-refractivity contribution in [3.05, 3.63) is 0 Å². The Labute approximate surface area is 126 Å². The highest BCUT2D eigenvalue weighted by Gasteiger charge is 2.16. The minimum atomic E-state index is -0.477. The summed E-state index contributed by atoms with van der Waals surface area (Å²) in [5, 5.41) is 9.35. The van der Waals surface area contributed by atoms with Gasteiger partial charge in [-0.05, 0) is 45.8 Å². The lowest BCUT2D eigenvalue weighted by Gasteiger charge is -2.20. The maximum Gasteiger partial charge on any atom is 0.407 e. The second-order valence-electron chi connectivity index (χ2n) is 5.70. The van der Waals surface area contributed by atoms with E-state index in [0.29, 0.717) is 18.2 Å². The lowest BCUT2D eigenvalue weighted by Crippen LogP contribution is -2.43. The van der Waals surface area contributed by atoms with Crippen molar-refractivity contribution in [1.29, 1.82) is 0 Å². The van der Waals surface area contributed by atoms with Crippen LogP contribution in [0.2, 0.25) is 0 Å². The summed E-state index contributed by atoms with van der Waals surface area (Å²) in [6.07, 6.45) is 2.04. The smallest absolute Gasteiger partial charge is 0.407 e. The third-order valence-electron chi connectivity index (χ3n) is 2.59. The molecule has 0 radical (unpaired) electrons. The molecule has 20 heavy (non-hydrogen) atoms. The van der Waals surface area contributed by atoms with Crippen molar-refractivity contribution >= 4 is 23.4 Å². The van der Waals surface area contributed by atoms with Crippen LogP contribution in [0.25, 0.3) is 0 Å². The molecule has 1 atom stereocenters. The second-order valence-corrected chi connectivity index (χ2v) is 6.11. The van der Waals surface area contributed by atoms with Gasteiger partial charge in [0.05, 0.1) is 6.10 Å². The van der Waals surface area contributed by atoms with Gasteiger partial charge in [-0.15, -0.1) is 0 Å². The highest BCUT2D eigenvalue weighted by Crippen LogP contribution is 2.10. The van der Waals surface area contributed by atoms with Crippen LogP contribution in [-0.2, 0) is 9.47 Å². The molecule has 0 spiro atoms. The van der Waals surface area contributed by atoms with Crippen molar-refractivity contribution in [1.82, 2.24) is 16.0 Å². The standard InChI is InChI=1S/C13H25N3O3S/c1-13(2,3)19-12(17)15-7-6-14-11(20)16-9-10-5-4-8-18-10/h10H,4-9H2,1-3H3,(H,15,17)(H2,14,16,20). The van der Waals surface area contributed by atoms with E-state index in [1.807, 2.05) is 20.8 Å². The summed E-state index contributed by atoms with van der Waals surface area (Å²) in [5.41, 5.74) is -0.477. The molecule has 1 aliphatic rings. The quantitative estimate of drug-likeness (QED) is 0.523. The van der Waals surface area contributed by atoms with E-state index in [-0.39, 0.29) is 6.10 Å². The van der Waals surface area contributed by atoms with E-state index >= 15 is 0 Å². The van der Waals surface area contributed by atoms with Crippen molar-refractivity contribution in [2.24, 2.45) is 0 Å². The van der Waals surface area contributed by atoms with Gasteiger partial charge < -0.3 is 25.4 Å². The molecule has 3 N–H and O–H groups in total. The van der Waals surface area contributed by atoms with Gasteiger partial charge in [-0.2, -0.15) is 0 Å². The molecule has 0 aromatic rings. The monoisotopic (exact) mass is 303 g/mol. The first-order valence-electron chi connectivity index (χ1n) is 6.97. The van der Waals surface area contributed by atoms with E-state index < -0.39 is 11.7 Å². The molecule has 1 saturated heterocycles. The zero-order chi connectivity index (χ0) is 15.0. The van der Waals surface area contributed by atoms with E-state index in [1.54, 1.807) is 0 Å². The summed E-state index contributed by atoms with van der Waals surface area (Å²) in [6.45, 7) is 8.06. The maximum absolute atomic E-state index is 11.4. The number of hydrogen-bond acceptors (Lipinski definition) is 4. The molecule has 0 bridgehead atoms. The molecule has 1 unspecified atom stereocenters. The molecule has 1 fully saturated rings. The number of hydrogen-bond donors (Lipinski definition) is 3. The second kappa shape index (κ2) is 8.26. The fraction of sp³-hybridized carbons (Fsp3) is 0.846. The molecule has 6 nitrogen and oxygen atoms in total. The fourth-order valence-electron chi connectivity index (χ4n) is 1.73. The summed E-state index contributed by atoms with van der Waals surface area (Å²) in [4.78, 5) is 11.4. The number of amides is 1. The van der Waals surface area contributed by atoms with E-state index in [0.717, 1.165) is 26.0 Å². The van der Waals surface area contributed by atoms with Crippen molar-refractivity contribution < 1.29 is 14.3 Å². The van der Waals surface area contributed by atoms with Gasteiger partial charge in [0.2, 0.25) is 0 Å². The average Bonchev–Trinajstić information content (AvgIpc) is 2.83. The molecule has 116 valence electrons. The number of nitrogens with one attached hydrogen (secondary N) is 3. The zero-order valence-electron chi connectivity index (χ0n) is 12.5. The van der Waals surface area contributed by atoms with E-state index in [2.05, 4.69) is 16.0 Å². The van der Waals surface area contributed by atoms with Crippen molar-refractivity contribution in [3.63, 3.8) is 0 Å². The van der Waals surface area contributed by atoms with E-state index in [9.17, 15) is 4.79 Å². The summed E-state index contributed by atoms with van der Waals surface area (Å²) in [6, 6.07) is 0. The van der Waals surface area contributed by atoms with Gasteiger partial charge in [0.15, 0.2) is 5.11 Å². The third-order valence-corrected chi connectivity index (χ3v) is 2.88. The number of carbonyl (C=O) groups excluding carboxylic acids is 1. The number of alkyl carbamates (subject to hydrolysis) is 1. The van der Waals surface area contributed by atoms with Crippen LogP contribution < -0.4 is 16.0 Å². The van der Waals surface area contributed by atoms with Gasteiger partial charge in [0.1, 0.15) is 5.60 Å². The molecular formula is C13H25N3O3S. The predicted molar refractivity (Wildman–Crippen MR) is 81.8 cm³/mol. The Hall–Kier alpha value is -1.08. The Kier molecular flexibility index (Phi) is 7.01. The van der Waals surface area contributed by atoms with Crippen LogP contribution in [0.15, 0.2) is 0 Å². The Bertz CT molecular complexity index is 325. The van der Waals surface area contributed by atoms with Gasteiger partial charge in [-0.25, -0.2) is 4.79 Å². The first-order valence-corrected chi connectivity index (χ1v) is 7.38. The third kappa shape index (κ3) is 8.16. The molecular weight excluding hydrogens is 278 g/mol. The Morgan fingerprint density at radius 3 is 2.60 bits per heavy atom. The van der Waals surface area contributed by atoms with Crippen molar-refractivity contribution in [3.8, 4) is 0 Å². The zero-order valence-corrected chi connectivity index (χ0v) is 13.3. The molecule has 0 aromatic heterocycles. The highest BCUT2D eigenvalue weighted by molar-refractivity contribution is 7.80. The van der Waals surface area contributed by atoms with Gasteiger partial charge in [-0.3, -0.25) is 0 Å². The lowest BCUT2D eigenvalue weighted by molar-refractivity contribution is 0.0529. The average molecular weight is 303 g/mol. The number of carbonyl (C=O) groups is 1. The van der Waals surface area contributed by atoms with Crippen molar-refractivity contribution in [2.45, 2.75) is 45.3 Å². The fourth-order valence-corrected chi connectivity index (χ4v) is 1.91. The van der Waals surface area contributed by atoms with Crippen LogP contribution in [0.1, 0.15) is 33.6 Å². The van der Waals surface area contributed by atoms with Crippen LogP contribution in [0.5, 0.6) is 0 Å². The molecule has 0 aromatic carbocycles. The molecule has 1 heterocycles. The lowest BCUT2D eigenvalue weighted by atomic mass is 10.2. The largest absolute Gasteiger partial charge is 0.444 e. The van der Waals surface area contributed by atoms with Gasteiger partial charge >= 0.3 is 6.09 Å². The first kappa shape index (κ1) is 17.0. The topological polar surface area (TPSA) is 71.6 Å². The Balaban J connectivity index is 2.00. The number of thiocarbonyl (C=S) groups is 1. The molecule has 1 rings (SSSR count). The number of rotatable bonds is 5. The summed E-state index contributed by atoms with van der Waals surface area (Å²) in [5.74, 6) is 0. The van der Waals surface area contributed by atoms with Crippen LogP contribution >= 0.6 is 12.2 Å². The Morgan fingerprint density at radius 2 is 2.00 bits per heavy atom. The predicted octanol–water partition coefficient (Wildman–Crippen LogP) is 1.15. The molecule has 7 heteroatoms. The van der Waals surface area contributed by atoms with Crippen LogP contribution in [0, 0.1) is 0 Å². The first-order chi connectivity index (χ1) is 9.37. The molecule has 1 amide bonds. The minimum absolute atomic E-state index is 0.259. The summed E-state index contributed by atoms with van der Waals surface area (Å²) < 4.78 is 10.6. The van der Waals surface area contributed by atoms with Crippen LogP contribution in [0.3, 0.4) is 0 Å². The van der Waals surface area contributed by atoms with Gasteiger partial charge in [0, 0.05) is 26.2 Å². The molecule has 0 aliphatic carbocycles. The van der Waals surface area contributed by atoms with Gasteiger partial charge in [0.25, 0.3) is 0 Å². The Morgan fingerprint density at radius 1 is 1.30 bits per heavy atom.